The van der Waals surface area contributed by atoms with Crippen molar-refractivity contribution in [2.24, 2.45) is 11.8 Å². The lowest BCUT2D eigenvalue weighted by atomic mass is 9.98. The summed E-state index contributed by atoms with van der Waals surface area (Å²) in [4.78, 5) is 14.0. The fourth-order valence-corrected chi connectivity index (χ4v) is 2.48. The van der Waals surface area contributed by atoms with Crippen LogP contribution in [0.5, 0.6) is 0 Å². The lowest BCUT2D eigenvalue weighted by Gasteiger charge is -2.24. The summed E-state index contributed by atoms with van der Waals surface area (Å²) in [6, 6.07) is 0. The maximum atomic E-state index is 11.9. The standard InChI is InChI=1S/C13H26N2O/c1-4-12-5-6-13(16)15(8-7-12)10-11(2)9-14-3/h11-12,14H,4-10H2,1-3H3. The summed E-state index contributed by atoms with van der Waals surface area (Å²) in [7, 11) is 1.97. The highest BCUT2D eigenvalue weighted by molar-refractivity contribution is 5.76. The van der Waals surface area contributed by atoms with Gasteiger partial charge >= 0.3 is 0 Å². The minimum atomic E-state index is 0.360. The average molecular weight is 226 g/mol. The van der Waals surface area contributed by atoms with Crippen molar-refractivity contribution < 1.29 is 4.79 Å². The van der Waals surface area contributed by atoms with Gasteiger partial charge in [-0.15, -0.1) is 0 Å². The molecule has 1 aliphatic heterocycles. The third-order valence-corrected chi connectivity index (χ3v) is 3.59. The molecule has 1 N–H and O–H groups in total. The molecule has 0 aliphatic carbocycles. The first kappa shape index (κ1) is 13.5. The maximum Gasteiger partial charge on any atom is 0.222 e. The number of hydrogen-bond donors (Lipinski definition) is 1. The highest BCUT2D eigenvalue weighted by Gasteiger charge is 2.22. The highest BCUT2D eigenvalue weighted by Crippen LogP contribution is 2.21. The molecule has 2 atom stereocenters. The minimum absolute atomic E-state index is 0.360. The van der Waals surface area contributed by atoms with E-state index in [1.165, 1.54) is 12.8 Å². The number of amides is 1. The van der Waals surface area contributed by atoms with E-state index in [0.29, 0.717) is 11.8 Å². The quantitative estimate of drug-likeness (QED) is 0.776. The van der Waals surface area contributed by atoms with Crippen molar-refractivity contribution in [3.05, 3.63) is 0 Å². The van der Waals surface area contributed by atoms with E-state index in [1.54, 1.807) is 0 Å². The van der Waals surface area contributed by atoms with Gasteiger partial charge in [-0.25, -0.2) is 0 Å². The van der Waals surface area contributed by atoms with Gasteiger partial charge in [0.25, 0.3) is 0 Å². The van der Waals surface area contributed by atoms with E-state index in [0.717, 1.165) is 38.4 Å². The first-order valence-corrected chi connectivity index (χ1v) is 6.59. The highest BCUT2D eigenvalue weighted by atomic mass is 16.2. The van der Waals surface area contributed by atoms with Gasteiger partial charge in [0.1, 0.15) is 0 Å². The van der Waals surface area contributed by atoms with Crippen molar-refractivity contribution in [1.29, 1.82) is 0 Å². The molecule has 1 heterocycles. The van der Waals surface area contributed by atoms with Gasteiger partial charge in [-0.3, -0.25) is 4.79 Å². The van der Waals surface area contributed by atoms with Crippen LogP contribution in [0.3, 0.4) is 0 Å². The average Bonchev–Trinajstić information content (AvgIpc) is 2.43. The molecule has 1 saturated heterocycles. The zero-order valence-electron chi connectivity index (χ0n) is 11.0. The second kappa shape index (κ2) is 6.89. The molecule has 0 radical (unpaired) electrons. The summed E-state index contributed by atoms with van der Waals surface area (Å²) < 4.78 is 0. The van der Waals surface area contributed by atoms with Crippen LogP contribution in [0.15, 0.2) is 0 Å². The Balaban J connectivity index is 2.43. The predicted octanol–water partition coefficient (Wildman–Crippen LogP) is 1.88. The second-order valence-electron chi connectivity index (χ2n) is 5.10. The molecule has 3 heteroatoms. The number of carbonyl (C=O) groups is 1. The third-order valence-electron chi connectivity index (χ3n) is 3.59. The van der Waals surface area contributed by atoms with Crippen LogP contribution in [-0.4, -0.2) is 37.5 Å². The first-order chi connectivity index (χ1) is 7.67. The molecular weight excluding hydrogens is 200 g/mol. The monoisotopic (exact) mass is 226 g/mol. The van der Waals surface area contributed by atoms with Crippen LogP contribution >= 0.6 is 0 Å². The molecule has 1 amide bonds. The lowest BCUT2D eigenvalue weighted by Crippen LogP contribution is -2.36. The van der Waals surface area contributed by atoms with Gasteiger partial charge in [-0.1, -0.05) is 20.3 Å². The Hall–Kier alpha value is -0.570. The predicted molar refractivity (Wildman–Crippen MR) is 67.3 cm³/mol. The van der Waals surface area contributed by atoms with E-state index in [-0.39, 0.29) is 0 Å². The molecule has 1 rings (SSSR count). The Morgan fingerprint density at radius 1 is 1.50 bits per heavy atom. The number of rotatable bonds is 5. The van der Waals surface area contributed by atoms with Crippen molar-refractivity contribution in [2.45, 2.75) is 39.5 Å². The number of hydrogen-bond acceptors (Lipinski definition) is 2. The van der Waals surface area contributed by atoms with Crippen molar-refractivity contribution in [3.63, 3.8) is 0 Å². The zero-order chi connectivity index (χ0) is 12.0. The van der Waals surface area contributed by atoms with E-state index < -0.39 is 0 Å². The Morgan fingerprint density at radius 3 is 2.88 bits per heavy atom. The number of nitrogens with zero attached hydrogens (tertiary/aromatic N) is 1. The first-order valence-electron chi connectivity index (χ1n) is 6.59. The Labute approximate surface area is 99.6 Å². The minimum Gasteiger partial charge on any atom is -0.342 e. The number of nitrogens with one attached hydrogen (secondary N) is 1. The molecular formula is C13H26N2O. The summed E-state index contributed by atoms with van der Waals surface area (Å²) >= 11 is 0. The van der Waals surface area contributed by atoms with Crippen LogP contribution in [0.25, 0.3) is 0 Å². The zero-order valence-corrected chi connectivity index (χ0v) is 11.0. The van der Waals surface area contributed by atoms with Crippen LogP contribution in [0.1, 0.15) is 39.5 Å². The van der Waals surface area contributed by atoms with Crippen molar-refractivity contribution in [3.8, 4) is 0 Å². The molecule has 2 unspecified atom stereocenters. The molecule has 3 nitrogen and oxygen atoms in total. The van der Waals surface area contributed by atoms with Crippen LogP contribution < -0.4 is 5.32 Å². The van der Waals surface area contributed by atoms with E-state index in [2.05, 4.69) is 24.1 Å². The van der Waals surface area contributed by atoms with Gasteiger partial charge in [0.05, 0.1) is 0 Å². The van der Waals surface area contributed by atoms with E-state index in [4.69, 9.17) is 0 Å². The molecule has 0 spiro atoms. The van der Waals surface area contributed by atoms with Gasteiger partial charge in [0.15, 0.2) is 0 Å². The van der Waals surface area contributed by atoms with Gasteiger partial charge < -0.3 is 10.2 Å². The van der Waals surface area contributed by atoms with Crippen LogP contribution in [0, 0.1) is 11.8 Å². The molecule has 0 aromatic carbocycles. The SMILES string of the molecule is CCC1CCC(=O)N(CC(C)CNC)CC1. The van der Waals surface area contributed by atoms with Crippen LogP contribution in [0.4, 0.5) is 0 Å². The van der Waals surface area contributed by atoms with E-state index >= 15 is 0 Å². The molecule has 0 aromatic rings. The fourth-order valence-electron chi connectivity index (χ4n) is 2.48. The summed E-state index contributed by atoms with van der Waals surface area (Å²) in [5, 5.41) is 3.17. The van der Waals surface area contributed by atoms with E-state index in [1.807, 2.05) is 7.05 Å². The number of likely N-dealkylation sites (tertiary alicyclic amines) is 1. The second-order valence-corrected chi connectivity index (χ2v) is 5.10. The molecule has 0 bridgehead atoms. The topological polar surface area (TPSA) is 32.3 Å². The third kappa shape index (κ3) is 4.12. The Kier molecular flexibility index (Phi) is 5.81. The Morgan fingerprint density at radius 2 is 2.25 bits per heavy atom. The molecule has 94 valence electrons. The summed E-state index contributed by atoms with van der Waals surface area (Å²) in [5.74, 6) is 1.67. The van der Waals surface area contributed by atoms with Gasteiger partial charge in [-0.05, 0) is 38.3 Å². The fraction of sp³-hybridized carbons (Fsp3) is 0.923. The van der Waals surface area contributed by atoms with Gasteiger partial charge in [0, 0.05) is 19.5 Å². The lowest BCUT2D eigenvalue weighted by molar-refractivity contribution is -0.131. The van der Waals surface area contributed by atoms with Crippen molar-refractivity contribution in [1.82, 2.24) is 10.2 Å². The maximum absolute atomic E-state index is 11.9. The molecule has 16 heavy (non-hydrogen) atoms. The molecule has 0 aromatic heterocycles. The summed E-state index contributed by atoms with van der Waals surface area (Å²) in [6.45, 7) is 7.29. The van der Waals surface area contributed by atoms with Crippen LogP contribution in [0.2, 0.25) is 0 Å². The smallest absolute Gasteiger partial charge is 0.222 e. The van der Waals surface area contributed by atoms with Crippen molar-refractivity contribution in [2.75, 3.05) is 26.7 Å². The van der Waals surface area contributed by atoms with Gasteiger partial charge in [-0.2, -0.15) is 0 Å². The molecule has 1 fully saturated rings. The summed E-state index contributed by atoms with van der Waals surface area (Å²) in [5.41, 5.74) is 0. The molecule has 1 aliphatic rings. The molecule has 0 saturated carbocycles. The largest absolute Gasteiger partial charge is 0.342 e. The van der Waals surface area contributed by atoms with E-state index in [9.17, 15) is 4.79 Å². The normalized spacial score (nSPS) is 24.3. The number of carbonyl (C=O) groups excluding carboxylic acids is 1. The van der Waals surface area contributed by atoms with Crippen molar-refractivity contribution >= 4 is 5.91 Å². The summed E-state index contributed by atoms with van der Waals surface area (Å²) in [6.07, 6.45) is 4.25. The Bertz CT molecular complexity index is 218. The van der Waals surface area contributed by atoms with Gasteiger partial charge in [0.2, 0.25) is 5.91 Å². The van der Waals surface area contributed by atoms with Crippen LogP contribution in [-0.2, 0) is 4.79 Å².